The summed E-state index contributed by atoms with van der Waals surface area (Å²) in [4.78, 5) is 13.4. The molecular formula is C37H53N3O2. The van der Waals surface area contributed by atoms with E-state index in [1.807, 2.05) is 6.92 Å². The number of nitriles is 1. The maximum absolute atomic E-state index is 13.4. The number of aromatic nitrogens is 1. The number of aryl methyl sites for hydroxylation is 1. The molecule has 1 heterocycles. The quantitative estimate of drug-likeness (QED) is 0.394. The Morgan fingerprint density at radius 1 is 0.976 bits per heavy atom. The van der Waals surface area contributed by atoms with Crippen molar-refractivity contribution >= 4 is 5.78 Å². The first-order valence-corrected chi connectivity index (χ1v) is 17.0. The van der Waals surface area contributed by atoms with Crippen molar-refractivity contribution < 1.29 is 9.32 Å². The summed E-state index contributed by atoms with van der Waals surface area (Å²) < 4.78 is 5.35. The molecule has 5 nitrogen and oxygen atoms in total. The molecule has 0 radical (unpaired) electrons. The van der Waals surface area contributed by atoms with Crippen molar-refractivity contribution in [2.75, 3.05) is 6.54 Å². The molecule has 1 spiro atoms. The van der Waals surface area contributed by atoms with E-state index in [9.17, 15) is 10.1 Å². The molecule has 42 heavy (non-hydrogen) atoms. The van der Waals surface area contributed by atoms with E-state index in [2.05, 4.69) is 70.2 Å². The summed E-state index contributed by atoms with van der Waals surface area (Å²) in [6, 6.07) is 4.41. The smallest absolute Gasteiger partial charge is 0.178 e. The van der Waals surface area contributed by atoms with Gasteiger partial charge in [0.2, 0.25) is 0 Å². The van der Waals surface area contributed by atoms with Crippen molar-refractivity contribution in [3.8, 4) is 6.07 Å². The average Bonchev–Trinajstić information content (AvgIpc) is 3.58. The summed E-state index contributed by atoms with van der Waals surface area (Å²) >= 11 is 0. The molecule has 0 aromatic carbocycles. The molecule has 6 aliphatic rings. The maximum atomic E-state index is 13.4. The van der Waals surface area contributed by atoms with Gasteiger partial charge in [0.15, 0.2) is 5.78 Å². The van der Waals surface area contributed by atoms with Crippen LogP contribution in [0.1, 0.15) is 117 Å². The molecule has 1 N–H and O–H groups in total. The molecular weight excluding hydrogens is 518 g/mol. The van der Waals surface area contributed by atoms with E-state index in [4.69, 9.17) is 4.52 Å². The highest BCUT2D eigenvalue weighted by Gasteiger charge is 2.73. The highest BCUT2D eigenvalue weighted by molar-refractivity contribution is 6.04. The number of nitrogens with zero attached hydrogens (tertiary/aromatic N) is 2. The third kappa shape index (κ3) is 3.95. The molecule has 8 atom stereocenters. The minimum atomic E-state index is -0.466. The monoisotopic (exact) mass is 571 g/mol. The number of Topliss-reactive ketones (excluding diaryl/α,β-unsaturated/α-hetero) is 1. The van der Waals surface area contributed by atoms with E-state index >= 15 is 0 Å². The van der Waals surface area contributed by atoms with Gasteiger partial charge in [0.05, 0.1) is 11.3 Å². The number of allylic oxidation sites excluding steroid dienone is 2. The van der Waals surface area contributed by atoms with Crippen LogP contribution < -0.4 is 5.32 Å². The van der Waals surface area contributed by atoms with Crippen LogP contribution >= 0.6 is 0 Å². The van der Waals surface area contributed by atoms with Gasteiger partial charge in [-0.05, 0) is 128 Å². The molecule has 5 fully saturated rings. The van der Waals surface area contributed by atoms with E-state index in [0.717, 1.165) is 48.7 Å². The van der Waals surface area contributed by atoms with E-state index in [1.54, 1.807) is 0 Å². The first kappa shape index (κ1) is 28.8. The summed E-state index contributed by atoms with van der Waals surface area (Å²) in [6.45, 7) is 18.3. The van der Waals surface area contributed by atoms with Crippen molar-refractivity contribution in [2.24, 2.45) is 62.1 Å². The van der Waals surface area contributed by atoms with Gasteiger partial charge in [0, 0.05) is 24.6 Å². The van der Waals surface area contributed by atoms with Crippen LogP contribution in [0.15, 0.2) is 22.2 Å². The van der Waals surface area contributed by atoms with Crippen LogP contribution in [0.4, 0.5) is 0 Å². The number of rotatable bonds is 4. The third-order valence-electron chi connectivity index (χ3n) is 14.7. The van der Waals surface area contributed by atoms with Gasteiger partial charge in [0.25, 0.3) is 0 Å². The summed E-state index contributed by atoms with van der Waals surface area (Å²) in [6.07, 6.45) is 15.2. The van der Waals surface area contributed by atoms with E-state index < -0.39 is 5.41 Å². The van der Waals surface area contributed by atoms with Crippen molar-refractivity contribution in [1.29, 1.82) is 5.26 Å². The Bertz CT molecular complexity index is 1360. The minimum absolute atomic E-state index is 0.0751. The molecule has 5 heteroatoms. The predicted molar refractivity (Wildman–Crippen MR) is 164 cm³/mol. The standard InChI is InChI=1S/C37H53N3O2/c1-23-16-25(40-42-23)21-39-22-37-11-8-26-30(27(37)18-32(2,3)12-13-37)36(14-15-36)19-29-34(26,6)10-9-28-33(4,5)31(41)24(20-38)17-35(28,29)7/h16-17,26-30,39H,8-15,18-19,21-22H2,1-7H3. The number of hydrogen-bond donors (Lipinski definition) is 1. The molecule has 0 amide bonds. The van der Waals surface area contributed by atoms with Crippen molar-refractivity contribution in [3.05, 3.63) is 29.2 Å². The summed E-state index contributed by atoms with van der Waals surface area (Å²) in [5.41, 5.74) is 2.36. The normalized spacial score (nSPS) is 44.2. The molecule has 0 saturated heterocycles. The predicted octanol–water partition coefficient (Wildman–Crippen LogP) is 8.19. The van der Waals surface area contributed by atoms with Gasteiger partial charge in [-0.25, -0.2) is 0 Å². The first-order valence-electron chi connectivity index (χ1n) is 17.0. The Kier molecular flexibility index (Phi) is 6.21. The number of carbonyl (C=O) groups is 1. The van der Waals surface area contributed by atoms with Crippen LogP contribution in [0.2, 0.25) is 0 Å². The van der Waals surface area contributed by atoms with Gasteiger partial charge in [-0.3, -0.25) is 4.79 Å². The molecule has 7 rings (SSSR count). The average molecular weight is 572 g/mol. The molecule has 228 valence electrons. The Morgan fingerprint density at radius 3 is 2.40 bits per heavy atom. The molecule has 1 aromatic rings. The molecule has 6 aliphatic carbocycles. The highest BCUT2D eigenvalue weighted by Crippen LogP contribution is 2.79. The largest absolute Gasteiger partial charge is 0.361 e. The molecule has 1 aromatic heterocycles. The summed E-state index contributed by atoms with van der Waals surface area (Å²) in [5, 5.41) is 18.2. The SMILES string of the molecule is Cc1cc(CNCC23CCC4C(C2CC(C)(C)CC3)C2(CC2)CC2C3(C)C=C(C#N)C(=O)C(C)(C)C3CCC42C)no1. The summed E-state index contributed by atoms with van der Waals surface area (Å²) in [7, 11) is 0. The van der Waals surface area contributed by atoms with Crippen LogP contribution in [0.3, 0.4) is 0 Å². The second-order valence-electron chi connectivity index (χ2n) is 17.8. The van der Waals surface area contributed by atoms with Crippen LogP contribution in [0, 0.1) is 80.3 Å². The van der Waals surface area contributed by atoms with Gasteiger partial charge in [-0.2, -0.15) is 5.26 Å². The molecule has 5 saturated carbocycles. The Labute approximate surface area is 253 Å². The van der Waals surface area contributed by atoms with Crippen molar-refractivity contribution in [2.45, 2.75) is 119 Å². The van der Waals surface area contributed by atoms with Gasteiger partial charge in [0.1, 0.15) is 11.8 Å². The van der Waals surface area contributed by atoms with Crippen LogP contribution in [-0.2, 0) is 11.3 Å². The van der Waals surface area contributed by atoms with Gasteiger partial charge >= 0.3 is 0 Å². The fourth-order valence-electron chi connectivity index (χ4n) is 12.6. The van der Waals surface area contributed by atoms with Gasteiger partial charge < -0.3 is 9.84 Å². The van der Waals surface area contributed by atoms with Crippen molar-refractivity contribution in [3.63, 3.8) is 0 Å². The zero-order valence-electron chi connectivity index (χ0n) is 27.2. The van der Waals surface area contributed by atoms with Gasteiger partial charge in [-0.15, -0.1) is 0 Å². The lowest BCUT2D eigenvalue weighted by atomic mass is 9.33. The lowest BCUT2D eigenvalue weighted by molar-refractivity contribution is -0.210. The lowest BCUT2D eigenvalue weighted by Gasteiger charge is -2.71. The number of hydrogen-bond acceptors (Lipinski definition) is 5. The highest BCUT2D eigenvalue weighted by atomic mass is 16.5. The number of nitrogens with one attached hydrogen (secondary N) is 1. The Balaban J connectivity index is 1.25. The van der Waals surface area contributed by atoms with E-state index in [0.29, 0.717) is 33.7 Å². The molecule has 0 aliphatic heterocycles. The Hall–Kier alpha value is -1.93. The van der Waals surface area contributed by atoms with E-state index in [1.165, 1.54) is 57.8 Å². The zero-order chi connectivity index (χ0) is 29.9. The zero-order valence-corrected chi connectivity index (χ0v) is 27.2. The number of carbonyl (C=O) groups excluding carboxylic acids is 1. The lowest BCUT2D eigenvalue weighted by Crippen LogP contribution is -2.65. The van der Waals surface area contributed by atoms with Crippen LogP contribution in [0.5, 0.6) is 0 Å². The topological polar surface area (TPSA) is 78.9 Å². The minimum Gasteiger partial charge on any atom is -0.361 e. The van der Waals surface area contributed by atoms with Crippen LogP contribution in [0.25, 0.3) is 0 Å². The fraction of sp³-hybridized carbons (Fsp3) is 0.811. The first-order chi connectivity index (χ1) is 19.7. The van der Waals surface area contributed by atoms with Gasteiger partial charge in [-0.1, -0.05) is 52.8 Å². The molecule has 0 bridgehead atoms. The van der Waals surface area contributed by atoms with Crippen molar-refractivity contribution in [1.82, 2.24) is 10.5 Å². The summed E-state index contributed by atoms with van der Waals surface area (Å²) in [5.74, 6) is 4.11. The second-order valence-corrected chi connectivity index (χ2v) is 17.8. The van der Waals surface area contributed by atoms with Crippen LogP contribution in [-0.4, -0.2) is 17.5 Å². The number of fused-ring (bicyclic) bond motifs is 8. The maximum Gasteiger partial charge on any atom is 0.178 e. The Morgan fingerprint density at radius 2 is 1.74 bits per heavy atom. The molecule has 8 unspecified atom stereocenters. The third-order valence-corrected chi connectivity index (χ3v) is 14.7. The van der Waals surface area contributed by atoms with E-state index in [-0.39, 0.29) is 16.6 Å². The number of ketones is 1. The fourth-order valence-corrected chi connectivity index (χ4v) is 12.6. The second kappa shape index (κ2) is 9.06.